The Kier molecular flexibility index (Phi) is 11.9. The van der Waals surface area contributed by atoms with Gasteiger partial charge in [-0.1, -0.05) is 57.5 Å². The van der Waals surface area contributed by atoms with Gasteiger partial charge in [0, 0.05) is 12.1 Å². The van der Waals surface area contributed by atoms with Crippen molar-refractivity contribution in [2.24, 2.45) is 11.8 Å². The van der Waals surface area contributed by atoms with E-state index in [1.165, 1.54) is 0 Å². The molecule has 0 spiro atoms. The lowest BCUT2D eigenvalue weighted by Crippen LogP contribution is -2.57. The first-order chi connectivity index (χ1) is 16.5. The third-order valence-electron chi connectivity index (χ3n) is 5.81. The zero-order valence-electron chi connectivity index (χ0n) is 24.3. The van der Waals surface area contributed by atoms with Crippen molar-refractivity contribution in [2.45, 2.75) is 119 Å². The lowest BCUT2D eigenvalue weighted by atomic mass is 9.94. The van der Waals surface area contributed by atoms with Crippen molar-refractivity contribution < 1.29 is 19.1 Å². The Bertz CT molecular complexity index is 874. The zero-order valence-corrected chi connectivity index (χ0v) is 24.3. The van der Waals surface area contributed by atoms with Gasteiger partial charge in [-0.2, -0.15) is 0 Å². The van der Waals surface area contributed by atoms with Crippen molar-refractivity contribution in [3.05, 3.63) is 35.4 Å². The summed E-state index contributed by atoms with van der Waals surface area (Å²) in [6.07, 6.45) is 0.990. The zero-order chi connectivity index (χ0) is 27.8. The Morgan fingerprint density at radius 1 is 0.944 bits per heavy atom. The highest BCUT2D eigenvalue weighted by molar-refractivity contribution is 5.92. The molecule has 3 atom stereocenters. The van der Waals surface area contributed by atoms with Gasteiger partial charge in [0.05, 0.1) is 0 Å². The Hall–Kier alpha value is -2.57. The highest BCUT2D eigenvalue weighted by atomic mass is 16.6. The van der Waals surface area contributed by atoms with Crippen LogP contribution in [0.5, 0.6) is 0 Å². The van der Waals surface area contributed by atoms with Gasteiger partial charge in [-0.25, -0.2) is 4.79 Å². The molecule has 2 N–H and O–H groups in total. The molecule has 0 fully saturated rings. The molecule has 0 saturated carbocycles. The fraction of sp³-hybridized carbons (Fsp3) is 0.690. The largest absolute Gasteiger partial charge is 0.444 e. The van der Waals surface area contributed by atoms with E-state index in [1.807, 2.05) is 65.8 Å². The molecular formula is C29H49N3O4. The molecule has 0 aromatic heterocycles. The van der Waals surface area contributed by atoms with Gasteiger partial charge in [-0.15, -0.1) is 0 Å². The topological polar surface area (TPSA) is 87.7 Å². The quantitative estimate of drug-likeness (QED) is 0.402. The summed E-state index contributed by atoms with van der Waals surface area (Å²) in [5.74, 6) is -0.291. The van der Waals surface area contributed by atoms with Gasteiger partial charge in [0.25, 0.3) is 0 Å². The number of hydrogen-bond donors (Lipinski definition) is 2. The minimum Gasteiger partial charge on any atom is -0.444 e. The van der Waals surface area contributed by atoms with Crippen molar-refractivity contribution in [2.75, 3.05) is 0 Å². The summed E-state index contributed by atoms with van der Waals surface area (Å²) in [6, 6.07) is 5.71. The Morgan fingerprint density at radius 2 is 1.56 bits per heavy atom. The molecule has 3 unspecified atom stereocenters. The minimum atomic E-state index is -0.847. The maximum absolute atomic E-state index is 14.2. The standard InChI is InChI=1S/C29H49N3O4/c1-18(2)15-16-22(8)32(27(34)24(19(3)4)31-28(35)36-29(9,10)11)25(26(33)30-20(5)6)23-14-12-13-21(7)17-23/h12-14,17-20,22,24-25H,15-16H2,1-11H3,(H,30,33)(H,31,35). The minimum absolute atomic E-state index is 0.0893. The molecule has 0 bridgehead atoms. The van der Waals surface area contributed by atoms with Gasteiger partial charge in [-0.3, -0.25) is 9.59 Å². The van der Waals surface area contributed by atoms with E-state index in [1.54, 1.807) is 25.7 Å². The Morgan fingerprint density at radius 3 is 2.03 bits per heavy atom. The lowest BCUT2D eigenvalue weighted by molar-refractivity contribution is -0.146. The molecule has 0 aliphatic carbocycles. The van der Waals surface area contributed by atoms with Crippen LogP contribution in [0.4, 0.5) is 4.79 Å². The van der Waals surface area contributed by atoms with Crippen LogP contribution in [-0.4, -0.2) is 46.5 Å². The van der Waals surface area contributed by atoms with Crippen LogP contribution in [0.1, 0.15) is 99.2 Å². The van der Waals surface area contributed by atoms with E-state index in [9.17, 15) is 14.4 Å². The van der Waals surface area contributed by atoms with Crippen LogP contribution in [0.2, 0.25) is 0 Å². The van der Waals surface area contributed by atoms with Crippen molar-refractivity contribution in [1.29, 1.82) is 0 Å². The Balaban J connectivity index is 3.58. The van der Waals surface area contributed by atoms with Gasteiger partial charge < -0.3 is 20.3 Å². The highest BCUT2D eigenvalue weighted by Crippen LogP contribution is 2.29. The molecule has 7 nitrogen and oxygen atoms in total. The summed E-state index contributed by atoms with van der Waals surface area (Å²) in [4.78, 5) is 42.2. The fourth-order valence-corrected chi connectivity index (χ4v) is 4.06. The van der Waals surface area contributed by atoms with Crippen LogP contribution in [0, 0.1) is 18.8 Å². The molecular weight excluding hydrogens is 454 g/mol. The van der Waals surface area contributed by atoms with Crippen LogP contribution < -0.4 is 10.6 Å². The van der Waals surface area contributed by atoms with E-state index in [-0.39, 0.29) is 29.8 Å². The molecule has 3 amide bonds. The summed E-state index contributed by atoms with van der Waals surface area (Å²) in [5, 5.41) is 5.80. The van der Waals surface area contributed by atoms with Crippen molar-refractivity contribution in [3.63, 3.8) is 0 Å². The number of nitrogens with one attached hydrogen (secondary N) is 2. The molecule has 1 aromatic carbocycles. The van der Waals surface area contributed by atoms with E-state index < -0.39 is 23.8 Å². The fourth-order valence-electron chi connectivity index (χ4n) is 4.06. The summed E-state index contributed by atoms with van der Waals surface area (Å²) in [5.41, 5.74) is 1.06. The second-order valence-electron chi connectivity index (χ2n) is 11.9. The van der Waals surface area contributed by atoms with E-state index in [0.29, 0.717) is 5.92 Å². The van der Waals surface area contributed by atoms with Gasteiger partial charge >= 0.3 is 6.09 Å². The number of amides is 3. The summed E-state index contributed by atoms with van der Waals surface area (Å²) >= 11 is 0. The maximum atomic E-state index is 14.2. The number of carbonyl (C=O) groups excluding carboxylic acids is 3. The normalized spacial score (nSPS) is 14.4. The van der Waals surface area contributed by atoms with E-state index in [2.05, 4.69) is 24.5 Å². The molecule has 0 saturated heterocycles. The summed E-state index contributed by atoms with van der Waals surface area (Å²) < 4.78 is 5.45. The Labute approximate surface area is 218 Å². The van der Waals surface area contributed by atoms with Crippen LogP contribution >= 0.6 is 0 Å². The number of aryl methyl sites for hydroxylation is 1. The molecule has 1 aromatic rings. The second kappa shape index (κ2) is 13.7. The monoisotopic (exact) mass is 503 g/mol. The first-order valence-corrected chi connectivity index (χ1v) is 13.2. The average Bonchev–Trinajstić information content (AvgIpc) is 2.71. The highest BCUT2D eigenvalue weighted by Gasteiger charge is 2.40. The average molecular weight is 504 g/mol. The van der Waals surface area contributed by atoms with Crippen molar-refractivity contribution in [1.82, 2.24) is 15.5 Å². The second-order valence-corrected chi connectivity index (χ2v) is 11.9. The summed E-state index contributed by atoms with van der Waals surface area (Å²) in [7, 11) is 0. The van der Waals surface area contributed by atoms with E-state index in [0.717, 1.165) is 24.0 Å². The van der Waals surface area contributed by atoms with Crippen LogP contribution in [0.15, 0.2) is 24.3 Å². The molecule has 1 rings (SSSR count). The molecule has 204 valence electrons. The van der Waals surface area contributed by atoms with Crippen LogP contribution in [0.3, 0.4) is 0 Å². The third kappa shape index (κ3) is 10.2. The summed E-state index contributed by atoms with van der Waals surface area (Å²) in [6.45, 7) is 21.1. The predicted octanol–water partition coefficient (Wildman–Crippen LogP) is 5.76. The number of carbonyl (C=O) groups is 3. The number of rotatable bonds is 11. The van der Waals surface area contributed by atoms with E-state index >= 15 is 0 Å². The smallest absolute Gasteiger partial charge is 0.408 e. The molecule has 0 aliphatic heterocycles. The van der Waals surface area contributed by atoms with Crippen molar-refractivity contribution in [3.8, 4) is 0 Å². The molecule has 0 radical (unpaired) electrons. The third-order valence-corrected chi connectivity index (χ3v) is 5.81. The number of nitrogens with zero attached hydrogens (tertiary/aromatic N) is 1. The first-order valence-electron chi connectivity index (χ1n) is 13.2. The van der Waals surface area contributed by atoms with Gasteiger partial charge in [-0.05, 0) is 78.7 Å². The molecule has 7 heteroatoms. The van der Waals surface area contributed by atoms with E-state index in [4.69, 9.17) is 4.74 Å². The molecule has 36 heavy (non-hydrogen) atoms. The van der Waals surface area contributed by atoms with Crippen molar-refractivity contribution >= 4 is 17.9 Å². The number of ether oxygens (including phenoxy) is 1. The molecule has 0 aliphatic rings. The van der Waals surface area contributed by atoms with Crippen LogP contribution in [-0.2, 0) is 14.3 Å². The number of alkyl carbamates (subject to hydrolysis) is 1. The first kappa shape index (κ1) is 31.5. The molecule has 0 heterocycles. The number of hydrogen-bond acceptors (Lipinski definition) is 4. The van der Waals surface area contributed by atoms with Gasteiger partial charge in [0.1, 0.15) is 17.7 Å². The SMILES string of the molecule is Cc1cccc(C(C(=O)NC(C)C)N(C(=O)C(NC(=O)OC(C)(C)C)C(C)C)C(C)CCC(C)C)c1. The van der Waals surface area contributed by atoms with Gasteiger partial charge in [0.15, 0.2) is 0 Å². The number of benzene rings is 1. The van der Waals surface area contributed by atoms with Crippen LogP contribution in [0.25, 0.3) is 0 Å². The maximum Gasteiger partial charge on any atom is 0.408 e. The predicted molar refractivity (Wildman–Crippen MR) is 146 cm³/mol. The van der Waals surface area contributed by atoms with Gasteiger partial charge in [0.2, 0.25) is 11.8 Å². The lowest BCUT2D eigenvalue weighted by Gasteiger charge is -2.40.